The average Bonchev–Trinajstić information content (AvgIpc) is 2.96. The molecule has 3 aromatic rings. The van der Waals surface area contributed by atoms with Crippen LogP contribution in [0.15, 0.2) is 30.3 Å². The van der Waals surface area contributed by atoms with Crippen molar-refractivity contribution < 1.29 is 13.5 Å². The van der Waals surface area contributed by atoms with Crippen molar-refractivity contribution in [2.45, 2.75) is 46.8 Å². The highest BCUT2D eigenvalue weighted by Gasteiger charge is 2.25. The maximum atomic E-state index is 15.0. The number of hydrogen-bond donors (Lipinski definition) is 1. The Balaban J connectivity index is 2.16. The number of benzene rings is 2. The van der Waals surface area contributed by atoms with E-state index in [9.17, 15) is 8.78 Å². The number of fused-ring (bicyclic) bond motifs is 1. The lowest BCUT2D eigenvalue weighted by Crippen LogP contribution is -2.27. The summed E-state index contributed by atoms with van der Waals surface area (Å²) in [5.41, 5.74) is 2.33. The first-order valence-corrected chi connectivity index (χ1v) is 9.20. The first-order valence-electron chi connectivity index (χ1n) is 9.20. The van der Waals surface area contributed by atoms with Crippen molar-refractivity contribution in [3.8, 4) is 11.8 Å². The molecule has 0 bridgehead atoms. The minimum Gasteiger partial charge on any atom is -0.488 e. The van der Waals surface area contributed by atoms with Gasteiger partial charge in [0.25, 0.3) is 0 Å². The number of nitrogens with zero attached hydrogens (tertiary/aromatic N) is 2. The molecule has 0 saturated heterocycles. The third kappa shape index (κ3) is 3.40. The molecule has 0 aliphatic heterocycles. The van der Waals surface area contributed by atoms with Gasteiger partial charge in [-0.2, -0.15) is 9.65 Å². The van der Waals surface area contributed by atoms with Crippen LogP contribution in [0.25, 0.3) is 10.9 Å². The largest absolute Gasteiger partial charge is 0.488 e. The summed E-state index contributed by atoms with van der Waals surface area (Å²) in [5.74, 6) is -1.40. The summed E-state index contributed by atoms with van der Waals surface area (Å²) in [6.45, 7) is 9.24. The van der Waals surface area contributed by atoms with Crippen LogP contribution in [0.1, 0.15) is 38.8 Å². The van der Waals surface area contributed by atoms with E-state index in [-0.39, 0.29) is 23.6 Å². The number of anilines is 2. The van der Waals surface area contributed by atoms with Gasteiger partial charge in [-0.05, 0) is 64.4 Å². The van der Waals surface area contributed by atoms with Gasteiger partial charge in [0.1, 0.15) is 5.82 Å². The molecule has 0 saturated carbocycles. The van der Waals surface area contributed by atoms with E-state index in [4.69, 9.17) is 10.00 Å². The third-order valence-electron chi connectivity index (χ3n) is 4.57. The smallest absolute Gasteiger partial charge is 0.202 e. The quantitative estimate of drug-likeness (QED) is 0.591. The summed E-state index contributed by atoms with van der Waals surface area (Å²) < 4.78 is 34.9. The number of rotatable bonds is 5. The Morgan fingerprint density at radius 1 is 1.07 bits per heavy atom. The van der Waals surface area contributed by atoms with Crippen LogP contribution in [-0.2, 0) is 0 Å². The number of aromatic nitrogens is 1. The van der Waals surface area contributed by atoms with Crippen LogP contribution in [0, 0.1) is 29.9 Å². The highest BCUT2D eigenvalue weighted by atomic mass is 19.2. The summed E-state index contributed by atoms with van der Waals surface area (Å²) in [5, 5.41) is 10.1. The van der Waals surface area contributed by atoms with Crippen LogP contribution < -0.4 is 9.64 Å². The maximum absolute atomic E-state index is 15.0. The minimum absolute atomic E-state index is 0.105. The lowest BCUT2D eigenvalue weighted by molar-refractivity contribution is 0.228. The highest BCUT2D eigenvalue weighted by Crippen LogP contribution is 2.38. The van der Waals surface area contributed by atoms with E-state index in [0.29, 0.717) is 11.4 Å². The van der Waals surface area contributed by atoms with E-state index in [1.54, 1.807) is 30.9 Å². The van der Waals surface area contributed by atoms with Gasteiger partial charge in [-0.1, -0.05) is 6.07 Å². The molecule has 0 amide bonds. The molecular formula is C22H23F2N3O. The number of aryl methyl sites for hydroxylation is 1. The zero-order valence-corrected chi connectivity index (χ0v) is 16.6. The molecule has 1 N–H and O–H groups in total. The summed E-state index contributed by atoms with van der Waals surface area (Å²) in [6, 6.07) is 10.3. The van der Waals surface area contributed by atoms with Crippen molar-refractivity contribution in [2.75, 3.05) is 4.90 Å². The second kappa shape index (κ2) is 7.51. The predicted octanol–water partition coefficient (Wildman–Crippen LogP) is 5.96. The normalized spacial score (nSPS) is 11.3. The zero-order valence-electron chi connectivity index (χ0n) is 16.6. The molecule has 0 aliphatic carbocycles. The van der Waals surface area contributed by atoms with Gasteiger partial charge in [0, 0.05) is 16.9 Å². The van der Waals surface area contributed by atoms with E-state index in [2.05, 4.69) is 11.1 Å². The summed E-state index contributed by atoms with van der Waals surface area (Å²) in [7, 11) is 0. The van der Waals surface area contributed by atoms with Crippen LogP contribution in [0.5, 0.6) is 5.75 Å². The number of aromatic amines is 1. The average molecular weight is 383 g/mol. The third-order valence-corrected chi connectivity index (χ3v) is 4.57. The Bertz CT molecular complexity index is 1060. The van der Waals surface area contributed by atoms with Gasteiger partial charge < -0.3 is 14.6 Å². The Morgan fingerprint density at radius 3 is 2.39 bits per heavy atom. The standard InChI is InChI=1S/C22H23F2N3O/c1-12(2)27(18-8-9-19(28-13(3)4)21(24)20(18)23)22-14(5)16-7-6-15(11-25)10-17(16)26-22/h6-10,12-13,26H,1-5H3. The molecule has 28 heavy (non-hydrogen) atoms. The molecular weight excluding hydrogens is 360 g/mol. The molecule has 0 radical (unpaired) electrons. The van der Waals surface area contributed by atoms with Crippen LogP contribution in [-0.4, -0.2) is 17.1 Å². The van der Waals surface area contributed by atoms with E-state index < -0.39 is 11.6 Å². The first-order chi connectivity index (χ1) is 13.2. The molecule has 0 unspecified atom stereocenters. The van der Waals surface area contributed by atoms with Crippen LogP contribution in [0.4, 0.5) is 20.3 Å². The Hall–Kier alpha value is -3.07. The minimum atomic E-state index is -1.00. The molecule has 0 aliphatic rings. The second-order valence-corrected chi connectivity index (χ2v) is 7.31. The number of H-pyrrole nitrogens is 1. The molecule has 1 aromatic heterocycles. The molecule has 3 rings (SSSR count). The summed E-state index contributed by atoms with van der Waals surface area (Å²) >= 11 is 0. The van der Waals surface area contributed by atoms with E-state index in [1.807, 2.05) is 26.8 Å². The summed E-state index contributed by atoms with van der Waals surface area (Å²) in [4.78, 5) is 4.99. The van der Waals surface area contributed by atoms with Crippen molar-refractivity contribution in [3.63, 3.8) is 0 Å². The van der Waals surface area contributed by atoms with Gasteiger partial charge in [-0.15, -0.1) is 0 Å². The number of nitriles is 1. The van der Waals surface area contributed by atoms with Gasteiger partial charge in [0.15, 0.2) is 11.6 Å². The van der Waals surface area contributed by atoms with E-state index in [0.717, 1.165) is 16.5 Å². The molecule has 6 heteroatoms. The molecule has 1 heterocycles. The predicted molar refractivity (Wildman–Crippen MR) is 107 cm³/mol. The second-order valence-electron chi connectivity index (χ2n) is 7.31. The van der Waals surface area contributed by atoms with Crippen LogP contribution in [0.3, 0.4) is 0 Å². The van der Waals surface area contributed by atoms with Gasteiger partial charge in [-0.25, -0.2) is 4.39 Å². The van der Waals surface area contributed by atoms with Crippen molar-refractivity contribution in [3.05, 3.63) is 53.1 Å². The zero-order chi connectivity index (χ0) is 20.6. The Morgan fingerprint density at radius 2 is 1.79 bits per heavy atom. The molecule has 0 fully saturated rings. The first kappa shape index (κ1) is 19.7. The fourth-order valence-corrected chi connectivity index (χ4v) is 3.34. The number of halogens is 2. The molecule has 0 spiro atoms. The Labute approximate surface area is 163 Å². The SMILES string of the molecule is Cc1c(N(c2ccc(OC(C)C)c(F)c2F)C(C)C)[nH]c2cc(C#N)ccc12. The van der Waals surface area contributed by atoms with Crippen molar-refractivity contribution in [2.24, 2.45) is 0 Å². The van der Waals surface area contributed by atoms with Gasteiger partial charge in [0.05, 0.1) is 23.4 Å². The number of ether oxygens (including phenoxy) is 1. The van der Waals surface area contributed by atoms with Crippen molar-refractivity contribution in [1.29, 1.82) is 5.26 Å². The maximum Gasteiger partial charge on any atom is 0.202 e. The fraction of sp³-hybridized carbons (Fsp3) is 0.318. The van der Waals surface area contributed by atoms with Crippen LogP contribution in [0.2, 0.25) is 0 Å². The topological polar surface area (TPSA) is 52.0 Å². The lowest BCUT2D eigenvalue weighted by Gasteiger charge is -2.29. The number of nitrogens with one attached hydrogen (secondary N) is 1. The highest BCUT2D eigenvalue weighted by molar-refractivity contribution is 5.91. The number of hydrogen-bond acceptors (Lipinski definition) is 3. The molecule has 2 aromatic carbocycles. The molecule has 4 nitrogen and oxygen atoms in total. The van der Waals surface area contributed by atoms with E-state index in [1.165, 1.54) is 12.1 Å². The van der Waals surface area contributed by atoms with Crippen molar-refractivity contribution >= 4 is 22.4 Å². The lowest BCUT2D eigenvalue weighted by atomic mass is 10.1. The molecule has 146 valence electrons. The van der Waals surface area contributed by atoms with Crippen molar-refractivity contribution in [1.82, 2.24) is 4.98 Å². The summed E-state index contributed by atoms with van der Waals surface area (Å²) in [6.07, 6.45) is -0.258. The van der Waals surface area contributed by atoms with E-state index >= 15 is 0 Å². The molecule has 0 atom stereocenters. The monoisotopic (exact) mass is 383 g/mol. The fourth-order valence-electron chi connectivity index (χ4n) is 3.34. The van der Waals surface area contributed by atoms with Gasteiger partial charge >= 0.3 is 0 Å². The van der Waals surface area contributed by atoms with Crippen LogP contribution >= 0.6 is 0 Å². The van der Waals surface area contributed by atoms with Gasteiger partial charge in [0.2, 0.25) is 5.82 Å². The Kier molecular flexibility index (Phi) is 5.28. The van der Waals surface area contributed by atoms with Gasteiger partial charge in [-0.3, -0.25) is 0 Å².